The smallest absolute Gasteiger partial charge is 0.0152 e. The van der Waals surface area contributed by atoms with Crippen molar-refractivity contribution < 1.29 is 0 Å². The van der Waals surface area contributed by atoms with Crippen LogP contribution in [0.1, 0.15) is 16.7 Å². The van der Waals surface area contributed by atoms with Crippen molar-refractivity contribution in [2.24, 2.45) is 0 Å². The van der Waals surface area contributed by atoms with Crippen LogP contribution in [0.15, 0.2) is 91.0 Å². The molecule has 0 spiro atoms. The van der Waals surface area contributed by atoms with E-state index >= 15 is 0 Å². The van der Waals surface area contributed by atoms with E-state index in [4.69, 9.17) is 0 Å². The van der Waals surface area contributed by atoms with Crippen molar-refractivity contribution in [3.8, 4) is 33.4 Å². The zero-order valence-corrected chi connectivity index (χ0v) is 16.2. The van der Waals surface area contributed by atoms with Crippen molar-refractivity contribution in [3.63, 3.8) is 0 Å². The molecule has 0 heteroatoms. The molecule has 0 bridgehead atoms. The van der Waals surface area contributed by atoms with Crippen molar-refractivity contribution in [1.29, 1.82) is 0 Å². The van der Waals surface area contributed by atoms with Gasteiger partial charge in [0.15, 0.2) is 0 Å². The van der Waals surface area contributed by atoms with Gasteiger partial charge < -0.3 is 0 Å². The first kappa shape index (κ1) is 17.3. The summed E-state index contributed by atoms with van der Waals surface area (Å²) in [6, 6.07) is 32.8. The van der Waals surface area contributed by atoms with E-state index in [1.165, 1.54) is 50.1 Å². The highest BCUT2D eigenvalue weighted by atomic mass is 14.1. The maximum Gasteiger partial charge on any atom is -0.0152 e. The molecular formula is C27H24. The Labute approximate surface area is 162 Å². The van der Waals surface area contributed by atoms with Crippen molar-refractivity contribution in [1.82, 2.24) is 0 Å². The number of benzene rings is 4. The lowest BCUT2D eigenvalue weighted by Gasteiger charge is -2.13. The molecule has 0 saturated heterocycles. The van der Waals surface area contributed by atoms with Gasteiger partial charge in [0.1, 0.15) is 0 Å². The summed E-state index contributed by atoms with van der Waals surface area (Å²) in [5, 5.41) is 0. The van der Waals surface area contributed by atoms with Crippen molar-refractivity contribution >= 4 is 0 Å². The molecule has 27 heavy (non-hydrogen) atoms. The Kier molecular flexibility index (Phi) is 4.64. The monoisotopic (exact) mass is 348 g/mol. The molecule has 0 amide bonds. The molecule has 0 atom stereocenters. The van der Waals surface area contributed by atoms with Gasteiger partial charge in [-0.3, -0.25) is 0 Å². The lowest BCUT2D eigenvalue weighted by Crippen LogP contribution is -1.89. The quantitative estimate of drug-likeness (QED) is 0.357. The Morgan fingerprint density at radius 1 is 0.370 bits per heavy atom. The zero-order chi connectivity index (χ0) is 18.8. The first-order valence-corrected chi connectivity index (χ1v) is 9.46. The predicted octanol–water partition coefficient (Wildman–Crippen LogP) is 7.61. The molecule has 0 aliphatic heterocycles. The third-order valence-electron chi connectivity index (χ3n) is 5.31. The fraction of sp³-hybridized carbons (Fsp3) is 0.111. The number of rotatable bonds is 3. The van der Waals surface area contributed by atoms with E-state index in [1.54, 1.807) is 0 Å². The topological polar surface area (TPSA) is 0 Å². The second-order valence-corrected chi connectivity index (χ2v) is 7.24. The summed E-state index contributed by atoms with van der Waals surface area (Å²) in [7, 11) is 0. The van der Waals surface area contributed by atoms with Crippen LogP contribution in [0.3, 0.4) is 0 Å². The largest absolute Gasteiger partial charge is 0.0620 e. The second-order valence-electron chi connectivity index (χ2n) is 7.24. The SMILES string of the molecule is Cc1ccccc1-c1cccc(-c2ccc(-c3ccccc3C)c(C)c2)c1. The van der Waals surface area contributed by atoms with Crippen LogP contribution in [0.25, 0.3) is 33.4 Å². The van der Waals surface area contributed by atoms with Gasteiger partial charge >= 0.3 is 0 Å². The molecular weight excluding hydrogens is 324 g/mol. The maximum absolute atomic E-state index is 2.30. The maximum atomic E-state index is 2.30. The van der Waals surface area contributed by atoms with Gasteiger partial charge in [0, 0.05) is 0 Å². The number of hydrogen-bond acceptors (Lipinski definition) is 0. The summed E-state index contributed by atoms with van der Waals surface area (Å²) in [6.45, 7) is 6.55. The Morgan fingerprint density at radius 2 is 0.926 bits per heavy atom. The van der Waals surface area contributed by atoms with E-state index in [1.807, 2.05) is 0 Å². The lowest BCUT2D eigenvalue weighted by molar-refractivity contribution is 1.40. The van der Waals surface area contributed by atoms with Crippen LogP contribution < -0.4 is 0 Å². The number of hydrogen-bond donors (Lipinski definition) is 0. The van der Waals surface area contributed by atoms with Crippen LogP contribution in [0, 0.1) is 20.8 Å². The molecule has 0 fully saturated rings. The molecule has 0 aliphatic rings. The van der Waals surface area contributed by atoms with Gasteiger partial charge in [-0.1, -0.05) is 84.9 Å². The third-order valence-corrected chi connectivity index (χ3v) is 5.31. The minimum Gasteiger partial charge on any atom is -0.0620 e. The molecule has 0 nitrogen and oxygen atoms in total. The fourth-order valence-corrected chi connectivity index (χ4v) is 3.78. The van der Waals surface area contributed by atoms with Crippen LogP contribution in [0.4, 0.5) is 0 Å². The molecule has 0 unspecified atom stereocenters. The molecule has 0 radical (unpaired) electrons. The summed E-state index contributed by atoms with van der Waals surface area (Å²) >= 11 is 0. The normalized spacial score (nSPS) is 10.8. The van der Waals surface area contributed by atoms with Crippen LogP contribution in [-0.4, -0.2) is 0 Å². The Morgan fingerprint density at radius 3 is 1.59 bits per heavy atom. The van der Waals surface area contributed by atoms with Crippen molar-refractivity contribution in [2.75, 3.05) is 0 Å². The van der Waals surface area contributed by atoms with Gasteiger partial charge in [-0.25, -0.2) is 0 Å². The van der Waals surface area contributed by atoms with Crippen LogP contribution >= 0.6 is 0 Å². The molecule has 0 heterocycles. The van der Waals surface area contributed by atoms with E-state index in [0.29, 0.717) is 0 Å². The van der Waals surface area contributed by atoms with Crippen molar-refractivity contribution in [2.45, 2.75) is 20.8 Å². The highest BCUT2D eigenvalue weighted by Gasteiger charge is 2.08. The van der Waals surface area contributed by atoms with E-state index in [9.17, 15) is 0 Å². The molecule has 132 valence electrons. The van der Waals surface area contributed by atoms with Gasteiger partial charge in [0.05, 0.1) is 0 Å². The summed E-state index contributed by atoms with van der Waals surface area (Å²) in [5.74, 6) is 0. The Hall–Kier alpha value is -3.12. The molecule has 4 rings (SSSR count). The van der Waals surface area contributed by atoms with E-state index in [0.717, 1.165) is 0 Å². The lowest BCUT2D eigenvalue weighted by atomic mass is 9.92. The predicted molar refractivity (Wildman–Crippen MR) is 117 cm³/mol. The summed E-state index contributed by atoms with van der Waals surface area (Å²) in [6.07, 6.45) is 0. The zero-order valence-electron chi connectivity index (χ0n) is 16.2. The molecule has 4 aromatic rings. The van der Waals surface area contributed by atoms with Gasteiger partial charge in [0.25, 0.3) is 0 Å². The van der Waals surface area contributed by atoms with Crippen molar-refractivity contribution in [3.05, 3.63) is 108 Å². The van der Waals surface area contributed by atoms with Gasteiger partial charge in [-0.15, -0.1) is 0 Å². The van der Waals surface area contributed by atoms with E-state index in [-0.39, 0.29) is 0 Å². The molecule has 4 aromatic carbocycles. The summed E-state index contributed by atoms with van der Waals surface area (Å²) in [5.41, 5.74) is 11.6. The third kappa shape index (κ3) is 3.44. The minimum absolute atomic E-state index is 1.26. The standard InChI is InChI=1S/C27H24/c1-19-9-4-6-13-25(19)24-12-8-11-22(18-24)23-15-16-27(21(3)17-23)26-14-7-5-10-20(26)2/h4-18H,1-3H3. The van der Waals surface area contributed by atoms with E-state index < -0.39 is 0 Å². The fourth-order valence-electron chi connectivity index (χ4n) is 3.78. The van der Waals surface area contributed by atoms with E-state index in [2.05, 4.69) is 112 Å². The average molecular weight is 348 g/mol. The van der Waals surface area contributed by atoms with Crippen LogP contribution in [0.5, 0.6) is 0 Å². The molecule has 0 aromatic heterocycles. The first-order chi connectivity index (χ1) is 13.1. The molecule has 0 saturated carbocycles. The molecule has 0 aliphatic carbocycles. The summed E-state index contributed by atoms with van der Waals surface area (Å²) < 4.78 is 0. The Bertz CT molecular complexity index is 1100. The van der Waals surface area contributed by atoms with Gasteiger partial charge in [-0.05, 0) is 76.9 Å². The number of aryl methyl sites for hydroxylation is 3. The molecule has 0 N–H and O–H groups in total. The first-order valence-electron chi connectivity index (χ1n) is 9.46. The second kappa shape index (κ2) is 7.25. The highest BCUT2D eigenvalue weighted by Crippen LogP contribution is 2.32. The van der Waals surface area contributed by atoms with Gasteiger partial charge in [-0.2, -0.15) is 0 Å². The minimum atomic E-state index is 1.26. The Balaban J connectivity index is 1.75. The van der Waals surface area contributed by atoms with Gasteiger partial charge in [0.2, 0.25) is 0 Å². The van der Waals surface area contributed by atoms with Crippen LogP contribution in [-0.2, 0) is 0 Å². The van der Waals surface area contributed by atoms with Crippen LogP contribution in [0.2, 0.25) is 0 Å². The highest BCUT2D eigenvalue weighted by molar-refractivity contribution is 5.78. The average Bonchev–Trinajstić information content (AvgIpc) is 2.69. The summed E-state index contributed by atoms with van der Waals surface area (Å²) in [4.78, 5) is 0.